The molecule has 0 saturated carbocycles. The number of ether oxygens (including phenoxy) is 1. The lowest BCUT2D eigenvalue weighted by Crippen LogP contribution is -2.52. The Bertz CT molecular complexity index is 792. The monoisotopic (exact) mass is 401 g/mol. The summed E-state index contributed by atoms with van der Waals surface area (Å²) in [7, 11) is 0. The van der Waals surface area contributed by atoms with E-state index in [1.165, 1.54) is 4.68 Å². The first kappa shape index (κ1) is 22.2. The van der Waals surface area contributed by atoms with E-state index in [9.17, 15) is 14.4 Å². The topological polar surface area (TPSA) is 101 Å². The molecule has 1 amide bonds. The second-order valence-electron chi connectivity index (χ2n) is 6.53. The minimum atomic E-state index is -1.11. The number of esters is 1. The van der Waals surface area contributed by atoms with E-state index in [-0.39, 0.29) is 11.9 Å². The molecule has 1 aromatic carbocycles. The normalized spacial score (nSPS) is 12.8. The van der Waals surface area contributed by atoms with Crippen LogP contribution in [0.2, 0.25) is 0 Å². The molecule has 29 heavy (non-hydrogen) atoms. The van der Waals surface area contributed by atoms with Crippen molar-refractivity contribution in [3.8, 4) is 0 Å². The van der Waals surface area contributed by atoms with E-state index in [4.69, 9.17) is 9.84 Å². The Labute approximate surface area is 170 Å². The Balaban J connectivity index is 1.99. The highest BCUT2D eigenvalue weighted by molar-refractivity contribution is 5.94. The van der Waals surface area contributed by atoms with Gasteiger partial charge in [-0.1, -0.05) is 30.3 Å². The van der Waals surface area contributed by atoms with Crippen molar-refractivity contribution < 1.29 is 24.2 Å². The average molecular weight is 401 g/mol. The number of nitrogens with zero attached hydrogens (tertiary/aromatic N) is 2. The molecule has 2 atom stereocenters. The molecule has 0 bridgehead atoms. The number of rotatable bonds is 11. The number of carbonyl (C=O) groups excluding carboxylic acids is 2. The zero-order chi connectivity index (χ0) is 21.2. The van der Waals surface area contributed by atoms with Gasteiger partial charge in [-0.05, 0) is 44.5 Å². The summed E-state index contributed by atoms with van der Waals surface area (Å²) in [6.45, 7) is 3.66. The van der Waals surface area contributed by atoms with Crippen LogP contribution >= 0.6 is 0 Å². The number of amides is 1. The molecule has 0 fully saturated rings. The minimum Gasteiger partial charge on any atom is -0.480 e. The van der Waals surface area contributed by atoms with Gasteiger partial charge in [-0.25, -0.2) is 5.01 Å². The number of hydrogen-bond donors (Lipinski definition) is 2. The van der Waals surface area contributed by atoms with E-state index in [1.54, 1.807) is 38.4 Å². The van der Waals surface area contributed by atoms with E-state index in [1.807, 2.05) is 30.3 Å². The Hall–Kier alpha value is -3.13. The first-order chi connectivity index (χ1) is 13.9. The van der Waals surface area contributed by atoms with E-state index < -0.39 is 24.5 Å². The maximum atomic E-state index is 12.7. The molecule has 0 aliphatic heterocycles. The van der Waals surface area contributed by atoms with Gasteiger partial charge < -0.3 is 15.2 Å². The molecule has 0 radical (unpaired) electrons. The SMILES string of the molecule is CCOC(=O)[C@@H](CCN[C@@H](C)C(=O)N(CC(=O)O)n1cccc1)c1ccccc1. The highest BCUT2D eigenvalue weighted by atomic mass is 16.5. The fourth-order valence-corrected chi connectivity index (χ4v) is 2.99. The van der Waals surface area contributed by atoms with E-state index in [0.717, 1.165) is 10.6 Å². The molecule has 2 N–H and O–H groups in total. The van der Waals surface area contributed by atoms with Gasteiger partial charge in [0.05, 0.1) is 18.6 Å². The van der Waals surface area contributed by atoms with Gasteiger partial charge in [-0.2, -0.15) is 0 Å². The highest BCUT2D eigenvalue weighted by Crippen LogP contribution is 2.21. The number of carboxylic acids is 1. The van der Waals surface area contributed by atoms with E-state index >= 15 is 0 Å². The molecule has 0 aliphatic carbocycles. The number of hydrogen-bond acceptors (Lipinski definition) is 5. The lowest BCUT2D eigenvalue weighted by Gasteiger charge is -2.26. The van der Waals surface area contributed by atoms with Gasteiger partial charge in [0.2, 0.25) is 0 Å². The van der Waals surface area contributed by atoms with Gasteiger partial charge in [-0.15, -0.1) is 0 Å². The molecule has 8 heteroatoms. The first-order valence-corrected chi connectivity index (χ1v) is 9.55. The lowest BCUT2D eigenvalue weighted by molar-refractivity contribution is -0.145. The second-order valence-corrected chi connectivity index (χ2v) is 6.53. The molecular formula is C21H27N3O5. The summed E-state index contributed by atoms with van der Waals surface area (Å²) >= 11 is 0. The Morgan fingerprint density at radius 1 is 1.14 bits per heavy atom. The standard InChI is InChI=1S/C21H27N3O5/c1-3-29-21(28)18(17-9-5-4-6-10-17)11-12-22-16(2)20(27)24(15-19(25)26)23-13-7-8-14-23/h4-10,13-14,16,18,22H,3,11-12,15H2,1-2H3,(H,25,26)/t16-,18-/m0/s1. The Morgan fingerprint density at radius 2 is 1.79 bits per heavy atom. The molecule has 8 nitrogen and oxygen atoms in total. The van der Waals surface area contributed by atoms with Crippen molar-refractivity contribution in [3.05, 3.63) is 60.4 Å². The molecular weight excluding hydrogens is 374 g/mol. The minimum absolute atomic E-state index is 0.297. The summed E-state index contributed by atoms with van der Waals surface area (Å²) in [6.07, 6.45) is 3.67. The molecule has 0 unspecified atom stereocenters. The summed E-state index contributed by atoms with van der Waals surface area (Å²) in [5.74, 6) is -2.23. The van der Waals surface area contributed by atoms with Crippen molar-refractivity contribution in [1.82, 2.24) is 9.99 Å². The first-order valence-electron chi connectivity index (χ1n) is 9.55. The quantitative estimate of drug-likeness (QED) is 0.557. The third kappa shape index (κ3) is 6.46. The van der Waals surface area contributed by atoms with Crippen molar-refractivity contribution >= 4 is 17.8 Å². The molecule has 1 aromatic heterocycles. The third-order valence-electron chi connectivity index (χ3n) is 4.43. The van der Waals surface area contributed by atoms with Crippen LogP contribution in [0.3, 0.4) is 0 Å². The number of carbonyl (C=O) groups is 3. The molecule has 2 rings (SSSR count). The van der Waals surface area contributed by atoms with Gasteiger partial charge in [-0.3, -0.25) is 19.1 Å². The number of aromatic nitrogens is 1. The van der Waals surface area contributed by atoms with Gasteiger partial charge in [0.15, 0.2) is 0 Å². The largest absolute Gasteiger partial charge is 0.480 e. The van der Waals surface area contributed by atoms with Gasteiger partial charge in [0, 0.05) is 12.4 Å². The number of benzene rings is 1. The average Bonchev–Trinajstić information content (AvgIpc) is 3.24. The molecule has 0 saturated heterocycles. The van der Waals surface area contributed by atoms with Gasteiger partial charge >= 0.3 is 11.9 Å². The summed E-state index contributed by atoms with van der Waals surface area (Å²) in [5.41, 5.74) is 0.853. The Kier molecular flexibility index (Phi) is 8.42. The molecule has 1 heterocycles. The predicted octanol–water partition coefficient (Wildman–Crippen LogP) is 1.75. The van der Waals surface area contributed by atoms with Crippen LogP contribution < -0.4 is 10.3 Å². The van der Waals surface area contributed by atoms with Crippen LogP contribution in [0.15, 0.2) is 54.9 Å². The molecule has 2 aromatic rings. The van der Waals surface area contributed by atoms with Crippen LogP contribution in [0, 0.1) is 0 Å². The van der Waals surface area contributed by atoms with E-state index in [2.05, 4.69) is 5.32 Å². The fourth-order valence-electron chi connectivity index (χ4n) is 2.99. The number of aliphatic carboxylic acids is 1. The van der Waals surface area contributed by atoms with Crippen molar-refractivity contribution in [2.24, 2.45) is 0 Å². The van der Waals surface area contributed by atoms with Crippen LogP contribution in [0.5, 0.6) is 0 Å². The lowest BCUT2D eigenvalue weighted by atomic mass is 9.95. The van der Waals surface area contributed by atoms with Crippen molar-refractivity contribution in [3.63, 3.8) is 0 Å². The maximum Gasteiger partial charge on any atom is 0.325 e. The van der Waals surface area contributed by atoms with Crippen LogP contribution in [-0.4, -0.2) is 53.4 Å². The smallest absolute Gasteiger partial charge is 0.325 e. The zero-order valence-corrected chi connectivity index (χ0v) is 16.7. The third-order valence-corrected chi connectivity index (χ3v) is 4.43. The van der Waals surface area contributed by atoms with Crippen molar-refractivity contribution in [2.75, 3.05) is 24.7 Å². The predicted molar refractivity (Wildman–Crippen MR) is 108 cm³/mol. The molecule has 0 spiro atoms. The molecule has 0 aliphatic rings. The summed E-state index contributed by atoms with van der Waals surface area (Å²) in [5, 5.41) is 13.4. The summed E-state index contributed by atoms with van der Waals surface area (Å²) in [6, 6.07) is 12.1. The summed E-state index contributed by atoms with van der Waals surface area (Å²) in [4.78, 5) is 36.2. The van der Waals surface area contributed by atoms with Crippen LogP contribution in [0.4, 0.5) is 0 Å². The van der Waals surface area contributed by atoms with Crippen molar-refractivity contribution in [1.29, 1.82) is 0 Å². The molecule has 156 valence electrons. The maximum absolute atomic E-state index is 12.7. The van der Waals surface area contributed by atoms with Gasteiger partial charge in [0.25, 0.3) is 5.91 Å². The van der Waals surface area contributed by atoms with Crippen molar-refractivity contribution in [2.45, 2.75) is 32.2 Å². The summed E-state index contributed by atoms with van der Waals surface area (Å²) < 4.78 is 6.63. The van der Waals surface area contributed by atoms with Crippen LogP contribution in [0.1, 0.15) is 31.7 Å². The zero-order valence-electron chi connectivity index (χ0n) is 16.7. The van der Waals surface area contributed by atoms with Crippen LogP contribution in [0.25, 0.3) is 0 Å². The number of nitrogens with one attached hydrogen (secondary N) is 1. The van der Waals surface area contributed by atoms with E-state index in [0.29, 0.717) is 19.6 Å². The van der Waals surface area contributed by atoms with Gasteiger partial charge in [0.1, 0.15) is 6.54 Å². The fraction of sp³-hybridized carbons (Fsp3) is 0.381. The highest BCUT2D eigenvalue weighted by Gasteiger charge is 2.25. The number of carboxylic acid groups (broad SMARTS) is 1. The second kappa shape index (κ2) is 11.0. The van der Waals surface area contributed by atoms with Crippen LogP contribution in [-0.2, 0) is 19.1 Å². The Morgan fingerprint density at radius 3 is 2.38 bits per heavy atom.